The molecule has 25 heavy (non-hydrogen) atoms. The number of rotatable bonds is 4. The molecule has 0 aliphatic carbocycles. The number of nitrogens with two attached hydrogens (primary N) is 1. The molecular weight excluding hydrogens is 327 g/mol. The van der Waals surface area contributed by atoms with E-state index in [1.165, 1.54) is 24.3 Å². The van der Waals surface area contributed by atoms with Crippen LogP contribution in [0.3, 0.4) is 0 Å². The number of halogens is 1. The van der Waals surface area contributed by atoms with Crippen LogP contribution in [0.5, 0.6) is 11.5 Å². The molecule has 4 rings (SSSR count). The number of anilines is 1. The van der Waals surface area contributed by atoms with Gasteiger partial charge in [0.1, 0.15) is 12.4 Å². The fourth-order valence-corrected chi connectivity index (χ4v) is 3.05. The number of fused-ring (bicyclic) bond motifs is 1. The molecule has 2 heterocycles. The van der Waals surface area contributed by atoms with E-state index >= 15 is 0 Å². The van der Waals surface area contributed by atoms with Gasteiger partial charge in [-0.3, -0.25) is 9.59 Å². The van der Waals surface area contributed by atoms with E-state index in [4.69, 9.17) is 9.47 Å². The summed E-state index contributed by atoms with van der Waals surface area (Å²) in [4.78, 5) is 25.9. The van der Waals surface area contributed by atoms with Crippen molar-refractivity contribution in [2.24, 2.45) is 0 Å². The topological polar surface area (TPSA) is 72.5 Å². The van der Waals surface area contributed by atoms with Gasteiger partial charge < -0.3 is 14.8 Å². The highest BCUT2D eigenvalue weighted by Crippen LogP contribution is 2.32. The summed E-state index contributed by atoms with van der Waals surface area (Å²) in [5, 5.41) is 1.83. The molecule has 2 aromatic rings. The maximum atomic E-state index is 13.0. The molecule has 0 aromatic heterocycles. The molecule has 7 heteroatoms. The molecule has 0 bridgehead atoms. The molecule has 2 aromatic carbocycles. The third kappa shape index (κ3) is 2.94. The van der Waals surface area contributed by atoms with Crippen LogP contribution in [0, 0.1) is 5.82 Å². The predicted molar refractivity (Wildman–Crippen MR) is 85.5 cm³/mol. The Bertz CT molecular complexity index is 837. The van der Waals surface area contributed by atoms with E-state index in [1.54, 1.807) is 0 Å². The van der Waals surface area contributed by atoms with Gasteiger partial charge in [-0.1, -0.05) is 0 Å². The normalized spacial score (nSPS) is 18.9. The Morgan fingerprint density at radius 3 is 2.64 bits per heavy atom. The first kappa shape index (κ1) is 15.6. The van der Waals surface area contributed by atoms with Crippen molar-refractivity contribution in [1.82, 2.24) is 0 Å². The molecule has 2 amide bonds. The molecule has 6 nitrogen and oxygen atoms in total. The van der Waals surface area contributed by atoms with Crippen molar-refractivity contribution in [3.05, 3.63) is 53.8 Å². The minimum absolute atomic E-state index is 0.126. The van der Waals surface area contributed by atoms with Gasteiger partial charge in [0.15, 0.2) is 17.5 Å². The zero-order chi connectivity index (χ0) is 17.4. The molecule has 128 valence electrons. The molecule has 0 unspecified atom stereocenters. The first-order chi connectivity index (χ1) is 12.1. The largest absolute Gasteiger partial charge is 0.454 e. The summed E-state index contributed by atoms with van der Waals surface area (Å²) in [6.07, 6.45) is 0.126. The minimum atomic E-state index is -0.483. The molecule has 2 aliphatic rings. The van der Waals surface area contributed by atoms with Gasteiger partial charge in [0.2, 0.25) is 12.7 Å². The van der Waals surface area contributed by atoms with E-state index in [9.17, 15) is 14.0 Å². The summed E-state index contributed by atoms with van der Waals surface area (Å²) in [6.45, 7) is 0.752. The highest BCUT2D eigenvalue weighted by molar-refractivity contribution is 6.21. The Morgan fingerprint density at radius 2 is 1.84 bits per heavy atom. The summed E-state index contributed by atoms with van der Waals surface area (Å²) in [7, 11) is 0. The lowest BCUT2D eigenvalue weighted by molar-refractivity contribution is -0.690. The maximum Gasteiger partial charge on any atom is 0.292 e. The molecule has 1 saturated heterocycles. The van der Waals surface area contributed by atoms with Crippen molar-refractivity contribution >= 4 is 17.5 Å². The van der Waals surface area contributed by atoms with Gasteiger partial charge in [0.05, 0.1) is 12.1 Å². The number of hydrogen-bond donors (Lipinski definition) is 1. The second-order valence-corrected chi connectivity index (χ2v) is 5.98. The Kier molecular flexibility index (Phi) is 3.85. The SMILES string of the molecule is O=C1C[C@@H]([NH2+]Cc2ccc3c(c2)OCO3)C(=O)N1c1ccc(F)cc1. The summed E-state index contributed by atoms with van der Waals surface area (Å²) in [5.41, 5.74) is 1.38. The lowest BCUT2D eigenvalue weighted by Gasteiger charge is -2.14. The van der Waals surface area contributed by atoms with Crippen LogP contribution in [0.1, 0.15) is 12.0 Å². The first-order valence-corrected chi connectivity index (χ1v) is 7.96. The molecular formula is C18H16FN2O4+. The average Bonchev–Trinajstić information content (AvgIpc) is 3.18. The monoisotopic (exact) mass is 343 g/mol. The van der Waals surface area contributed by atoms with Gasteiger partial charge in [-0.05, 0) is 42.5 Å². The van der Waals surface area contributed by atoms with Crippen LogP contribution >= 0.6 is 0 Å². The van der Waals surface area contributed by atoms with Gasteiger partial charge >= 0.3 is 0 Å². The van der Waals surface area contributed by atoms with Crippen LogP contribution in [0.4, 0.5) is 10.1 Å². The molecule has 2 N–H and O–H groups in total. The van der Waals surface area contributed by atoms with Crippen molar-refractivity contribution in [1.29, 1.82) is 0 Å². The van der Waals surface area contributed by atoms with E-state index in [0.717, 1.165) is 10.5 Å². The van der Waals surface area contributed by atoms with E-state index in [1.807, 2.05) is 23.5 Å². The second-order valence-electron chi connectivity index (χ2n) is 5.98. The minimum Gasteiger partial charge on any atom is -0.454 e. The summed E-state index contributed by atoms with van der Waals surface area (Å²) in [5.74, 6) is 0.431. The third-order valence-electron chi connectivity index (χ3n) is 4.34. The average molecular weight is 343 g/mol. The second kappa shape index (κ2) is 6.18. The summed E-state index contributed by atoms with van der Waals surface area (Å²) < 4.78 is 23.6. The Balaban J connectivity index is 1.44. The smallest absolute Gasteiger partial charge is 0.292 e. The standard InChI is InChI=1S/C18H15FN2O4/c19-12-2-4-13(5-3-12)21-17(22)8-14(18(21)23)20-9-11-1-6-15-16(7-11)25-10-24-15/h1-7,14,20H,8-10H2/p+1/t14-/m1/s1. The van der Waals surface area contributed by atoms with Gasteiger partial charge in [-0.25, -0.2) is 9.29 Å². The van der Waals surface area contributed by atoms with E-state index in [-0.39, 0.29) is 25.0 Å². The van der Waals surface area contributed by atoms with Crippen LogP contribution in [0.25, 0.3) is 0 Å². The number of nitrogens with zero attached hydrogens (tertiary/aromatic N) is 1. The Labute approximate surface area is 143 Å². The fraction of sp³-hybridized carbons (Fsp3) is 0.222. The van der Waals surface area contributed by atoms with Gasteiger partial charge in [0.25, 0.3) is 5.91 Å². The lowest BCUT2D eigenvalue weighted by atomic mass is 10.1. The summed E-state index contributed by atoms with van der Waals surface area (Å²) in [6, 6.07) is 10.5. The highest BCUT2D eigenvalue weighted by atomic mass is 19.1. The van der Waals surface area contributed by atoms with Gasteiger partial charge in [-0.2, -0.15) is 0 Å². The van der Waals surface area contributed by atoms with Crippen LogP contribution in [0.15, 0.2) is 42.5 Å². The number of carbonyl (C=O) groups excluding carboxylic acids is 2. The number of hydrogen-bond acceptors (Lipinski definition) is 4. The molecule has 1 fully saturated rings. The van der Waals surface area contributed by atoms with Crippen LogP contribution in [0.2, 0.25) is 0 Å². The van der Waals surface area contributed by atoms with Crippen molar-refractivity contribution < 1.29 is 28.8 Å². The van der Waals surface area contributed by atoms with Crippen LogP contribution in [-0.2, 0) is 16.1 Å². The number of benzene rings is 2. The molecule has 1 atom stereocenters. The fourth-order valence-electron chi connectivity index (χ4n) is 3.05. The van der Waals surface area contributed by atoms with E-state index < -0.39 is 11.9 Å². The highest BCUT2D eigenvalue weighted by Gasteiger charge is 2.42. The van der Waals surface area contributed by atoms with Crippen molar-refractivity contribution in [2.75, 3.05) is 11.7 Å². The quantitative estimate of drug-likeness (QED) is 0.839. The van der Waals surface area contributed by atoms with E-state index in [0.29, 0.717) is 23.7 Å². The number of quaternary nitrogens is 1. The van der Waals surface area contributed by atoms with Crippen molar-refractivity contribution in [2.45, 2.75) is 19.0 Å². The van der Waals surface area contributed by atoms with Crippen molar-refractivity contribution in [3.63, 3.8) is 0 Å². The molecule has 0 spiro atoms. The lowest BCUT2D eigenvalue weighted by Crippen LogP contribution is -2.90. The molecule has 2 aliphatic heterocycles. The zero-order valence-electron chi connectivity index (χ0n) is 13.3. The maximum absolute atomic E-state index is 13.0. The number of carbonyl (C=O) groups is 2. The molecule has 0 saturated carbocycles. The first-order valence-electron chi connectivity index (χ1n) is 7.96. The van der Waals surface area contributed by atoms with Crippen LogP contribution < -0.4 is 19.7 Å². The van der Waals surface area contributed by atoms with Gasteiger partial charge in [-0.15, -0.1) is 0 Å². The number of amides is 2. The van der Waals surface area contributed by atoms with Crippen LogP contribution in [-0.4, -0.2) is 24.6 Å². The number of imide groups is 1. The van der Waals surface area contributed by atoms with Gasteiger partial charge in [0, 0.05) is 5.56 Å². The molecule has 0 radical (unpaired) electrons. The predicted octanol–water partition coefficient (Wildman–Crippen LogP) is 0.950. The third-order valence-corrected chi connectivity index (χ3v) is 4.34. The zero-order valence-corrected chi connectivity index (χ0v) is 13.3. The van der Waals surface area contributed by atoms with Crippen molar-refractivity contribution in [3.8, 4) is 11.5 Å². The summed E-state index contributed by atoms with van der Waals surface area (Å²) >= 11 is 0. The number of ether oxygens (including phenoxy) is 2. The van der Waals surface area contributed by atoms with E-state index in [2.05, 4.69) is 0 Å². The Hall–Kier alpha value is -2.93. The Morgan fingerprint density at radius 1 is 1.08 bits per heavy atom.